The van der Waals surface area contributed by atoms with Gasteiger partial charge >= 0.3 is 0 Å². The molecule has 0 atom stereocenters. The van der Waals surface area contributed by atoms with Crippen molar-refractivity contribution in [1.82, 2.24) is 9.78 Å². The average Bonchev–Trinajstić information content (AvgIpc) is 2.85. The van der Waals surface area contributed by atoms with E-state index in [1.807, 2.05) is 11.4 Å². The van der Waals surface area contributed by atoms with E-state index < -0.39 is 0 Å². The van der Waals surface area contributed by atoms with Gasteiger partial charge in [0.1, 0.15) is 5.02 Å². The Morgan fingerprint density at radius 1 is 1.55 bits per heavy atom. The Balaban J connectivity index is 2.09. The maximum Gasteiger partial charge on any atom is 0.287 e. The highest BCUT2D eigenvalue weighted by atomic mass is 79.9. The van der Waals surface area contributed by atoms with Gasteiger partial charge in [0, 0.05) is 27.8 Å². The Bertz CT molecular complexity index is 641. The Kier molecular flexibility index (Phi) is 5.63. The van der Waals surface area contributed by atoms with Crippen LogP contribution in [-0.2, 0) is 13.1 Å². The number of nitrogens with zero attached hydrogens (tertiary/aromatic N) is 2. The monoisotopic (exact) mass is 375 g/mol. The van der Waals surface area contributed by atoms with Crippen LogP contribution in [0.5, 0.6) is 0 Å². The molecule has 108 valence electrons. The lowest BCUT2D eigenvalue weighted by atomic mass is 10.3. The van der Waals surface area contributed by atoms with Crippen molar-refractivity contribution in [3.05, 3.63) is 42.4 Å². The normalized spacial score (nSPS) is 10.8. The summed E-state index contributed by atoms with van der Waals surface area (Å²) in [4.78, 5) is 13.2. The number of hydrogen-bond donors (Lipinski definition) is 1. The van der Waals surface area contributed by atoms with Crippen LogP contribution in [0.2, 0.25) is 5.02 Å². The third-order valence-electron chi connectivity index (χ3n) is 2.78. The summed E-state index contributed by atoms with van der Waals surface area (Å²) in [5.74, 6) is 0. The van der Waals surface area contributed by atoms with E-state index in [-0.39, 0.29) is 10.6 Å². The van der Waals surface area contributed by atoms with Crippen LogP contribution < -0.4 is 10.9 Å². The number of aryl methyl sites for hydroxylation is 1. The molecule has 2 aromatic heterocycles. The van der Waals surface area contributed by atoms with Crippen LogP contribution in [0.4, 0.5) is 5.69 Å². The Morgan fingerprint density at radius 3 is 3.00 bits per heavy atom. The molecular weight excluding hydrogens is 362 g/mol. The molecule has 20 heavy (non-hydrogen) atoms. The van der Waals surface area contributed by atoms with Crippen LogP contribution in [0.15, 0.2) is 26.9 Å². The minimum atomic E-state index is -0.238. The quantitative estimate of drug-likeness (QED) is 0.824. The summed E-state index contributed by atoms with van der Waals surface area (Å²) in [6, 6.07) is 2.03. The van der Waals surface area contributed by atoms with Gasteiger partial charge in [0.15, 0.2) is 0 Å². The second kappa shape index (κ2) is 7.24. The van der Waals surface area contributed by atoms with E-state index in [1.165, 1.54) is 4.68 Å². The molecule has 0 saturated heterocycles. The fraction of sp³-hybridized carbons (Fsp3) is 0.385. The maximum absolute atomic E-state index is 12.0. The van der Waals surface area contributed by atoms with E-state index in [0.29, 0.717) is 18.8 Å². The molecule has 1 N–H and O–H groups in total. The van der Waals surface area contributed by atoms with Crippen molar-refractivity contribution in [2.24, 2.45) is 0 Å². The summed E-state index contributed by atoms with van der Waals surface area (Å²) in [5, 5.41) is 9.51. The van der Waals surface area contributed by atoms with Gasteiger partial charge in [-0.15, -0.1) is 11.3 Å². The molecule has 0 spiro atoms. The topological polar surface area (TPSA) is 46.9 Å². The average molecular weight is 377 g/mol. The van der Waals surface area contributed by atoms with Gasteiger partial charge in [-0.05, 0) is 28.4 Å². The van der Waals surface area contributed by atoms with Crippen LogP contribution in [-0.4, -0.2) is 9.78 Å². The van der Waals surface area contributed by atoms with E-state index in [0.717, 1.165) is 22.2 Å². The number of aromatic nitrogens is 2. The summed E-state index contributed by atoms with van der Waals surface area (Å²) in [5.41, 5.74) is 0.339. The fourth-order valence-corrected chi connectivity index (χ4v) is 3.29. The van der Waals surface area contributed by atoms with Crippen molar-refractivity contribution in [1.29, 1.82) is 0 Å². The second-order valence-electron chi connectivity index (χ2n) is 4.34. The third kappa shape index (κ3) is 3.84. The minimum Gasteiger partial charge on any atom is -0.377 e. The van der Waals surface area contributed by atoms with Gasteiger partial charge < -0.3 is 5.32 Å². The number of hydrogen-bond acceptors (Lipinski definition) is 4. The van der Waals surface area contributed by atoms with E-state index in [4.69, 9.17) is 11.6 Å². The molecule has 0 aliphatic heterocycles. The highest BCUT2D eigenvalue weighted by Gasteiger charge is 2.09. The van der Waals surface area contributed by atoms with Gasteiger partial charge in [-0.3, -0.25) is 4.79 Å². The fourth-order valence-electron chi connectivity index (χ4n) is 1.68. The maximum atomic E-state index is 12.0. The second-order valence-corrected chi connectivity index (χ2v) is 6.63. The number of nitrogens with one attached hydrogen (secondary N) is 1. The highest BCUT2D eigenvalue weighted by molar-refractivity contribution is 9.10. The van der Waals surface area contributed by atoms with E-state index in [2.05, 4.69) is 33.3 Å². The standard InChI is InChI=1S/C13H15BrClN3OS/c1-2-3-4-18-13(19)12(15)11(7-17-18)16-6-10-5-9(14)8-20-10/h5,7-8,16H,2-4,6H2,1H3. The van der Waals surface area contributed by atoms with Crippen molar-refractivity contribution in [2.75, 3.05) is 5.32 Å². The lowest BCUT2D eigenvalue weighted by Gasteiger charge is -2.09. The van der Waals surface area contributed by atoms with E-state index in [9.17, 15) is 4.79 Å². The lowest BCUT2D eigenvalue weighted by Crippen LogP contribution is -2.24. The van der Waals surface area contributed by atoms with Crippen LogP contribution in [0.1, 0.15) is 24.6 Å². The zero-order valence-electron chi connectivity index (χ0n) is 11.0. The predicted molar refractivity (Wildman–Crippen MR) is 87.8 cm³/mol. The molecule has 2 heterocycles. The molecule has 0 fully saturated rings. The summed E-state index contributed by atoms with van der Waals surface area (Å²) in [6.45, 7) is 3.30. The van der Waals surface area contributed by atoms with Crippen LogP contribution >= 0.6 is 38.9 Å². The molecule has 7 heteroatoms. The molecule has 0 bridgehead atoms. The lowest BCUT2D eigenvalue weighted by molar-refractivity contribution is 0.543. The predicted octanol–water partition coefficient (Wildman–Crippen LogP) is 4.13. The zero-order chi connectivity index (χ0) is 14.5. The zero-order valence-corrected chi connectivity index (χ0v) is 14.2. The summed E-state index contributed by atoms with van der Waals surface area (Å²) in [7, 11) is 0. The molecule has 2 aromatic rings. The van der Waals surface area contributed by atoms with Crippen molar-refractivity contribution < 1.29 is 0 Å². The molecule has 0 aliphatic rings. The van der Waals surface area contributed by atoms with Crippen LogP contribution in [0.25, 0.3) is 0 Å². The Morgan fingerprint density at radius 2 is 2.35 bits per heavy atom. The first-order chi connectivity index (χ1) is 9.61. The SMILES string of the molecule is CCCCn1ncc(NCc2cc(Br)cs2)c(Cl)c1=O. The number of anilines is 1. The van der Waals surface area contributed by atoms with Crippen molar-refractivity contribution in [3.63, 3.8) is 0 Å². The van der Waals surface area contributed by atoms with Crippen molar-refractivity contribution in [3.8, 4) is 0 Å². The van der Waals surface area contributed by atoms with Gasteiger partial charge in [-0.25, -0.2) is 4.68 Å². The number of rotatable bonds is 6. The molecule has 2 rings (SSSR count). The van der Waals surface area contributed by atoms with Crippen molar-refractivity contribution in [2.45, 2.75) is 32.9 Å². The smallest absolute Gasteiger partial charge is 0.287 e. The van der Waals surface area contributed by atoms with E-state index in [1.54, 1.807) is 17.5 Å². The third-order valence-corrected chi connectivity index (χ3v) is 4.85. The summed E-state index contributed by atoms with van der Waals surface area (Å²) < 4.78 is 2.47. The number of thiophene rings is 1. The van der Waals surface area contributed by atoms with Gasteiger partial charge in [-0.1, -0.05) is 24.9 Å². The highest BCUT2D eigenvalue weighted by Crippen LogP contribution is 2.22. The summed E-state index contributed by atoms with van der Waals surface area (Å²) >= 11 is 11.2. The molecule has 0 saturated carbocycles. The van der Waals surface area contributed by atoms with Gasteiger partial charge in [0.05, 0.1) is 11.9 Å². The van der Waals surface area contributed by atoms with Gasteiger partial charge in [-0.2, -0.15) is 5.10 Å². The minimum absolute atomic E-state index is 0.201. The molecular formula is C13H15BrClN3OS. The summed E-state index contributed by atoms with van der Waals surface area (Å²) in [6.07, 6.45) is 3.54. The largest absolute Gasteiger partial charge is 0.377 e. The van der Waals surface area contributed by atoms with Crippen LogP contribution in [0, 0.1) is 0 Å². The number of unbranched alkanes of at least 4 members (excludes halogenated alkanes) is 1. The van der Waals surface area contributed by atoms with Gasteiger partial charge in [0.25, 0.3) is 5.56 Å². The molecule has 0 unspecified atom stereocenters. The van der Waals surface area contributed by atoms with Crippen molar-refractivity contribution >= 4 is 44.6 Å². The first-order valence-electron chi connectivity index (χ1n) is 6.34. The Labute approximate surface area is 134 Å². The van der Waals surface area contributed by atoms with E-state index >= 15 is 0 Å². The molecule has 0 amide bonds. The molecule has 0 radical (unpaired) electrons. The Hall–Kier alpha value is -0.850. The number of halogens is 2. The molecule has 0 aromatic carbocycles. The van der Waals surface area contributed by atoms with Crippen LogP contribution in [0.3, 0.4) is 0 Å². The first kappa shape index (κ1) is 15.5. The first-order valence-corrected chi connectivity index (χ1v) is 8.39. The molecule has 0 aliphatic carbocycles. The molecule has 4 nitrogen and oxygen atoms in total. The van der Waals surface area contributed by atoms with Gasteiger partial charge in [0.2, 0.25) is 0 Å².